The van der Waals surface area contributed by atoms with Crippen molar-refractivity contribution in [1.29, 1.82) is 0 Å². The number of pyridine rings is 1. The molecule has 1 aliphatic rings. The van der Waals surface area contributed by atoms with Crippen LogP contribution in [0.3, 0.4) is 0 Å². The lowest BCUT2D eigenvalue weighted by atomic mass is 10.0. The van der Waals surface area contributed by atoms with E-state index < -0.39 is 11.6 Å². The molecule has 1 aromatic rings. The summed E-state index contributed by atoms with van der Waals surface area (Å²) < 4.78 is 18.9. The van der Waals surface area contributed by atoms with Crippen LogP contribution in [-0.4, -0.2) is 36.8 Å². The van der Waals surface area contributed by atoms with E-state index in [1.54, 1.807) is 12.1 Å². The van der Waals surface area contributed by atoms with Gasteiger partial charge in [0.1, 0.15) is 0 Å². The van der Waals surface area contributed by atoms with Gasteiger partial charge in [-0.25, -0.2) is 9.37 Å². The van der Waals surface area contributed by atoms with Gasteiger partial charge in [-0.3, -0.25) is 4.79 Å². The van der Waals surface area contributed by atoms with Crippen LogP contribution in [0.15, 0.2) is 18.3 Å². The lowest BCUT2D eigenvalue weighted by Crippen LogP contribution is -2.40. The molecule has 2 heterocycles. The van der Waals surface area contributed by atoms with E-state index in [4.69, 9.17) is 4.74 Å². The second kappa shape index (κ2) is 4.67. The first-order valence-electron chi connectivity index (χ1n) is 5.35. The van der Waals surface area contributed by atoms with Gasteiger partial charge in [0.15, 0.2) is 0 Å². The number of alkyl halides is 1. The summed E-state index contributed by atoms with van der Waals surface area (Å²) in [5.74, 6) is -0.185. The van der Waals surface area contributed by atoms with Crippen molar-refractivity contribution in [3.8, 4) is 5.88 Å². The highest BCUT2D eigenvalue weighted by molar-refractivity contribution is 5.97. The Hall–Kier alpha value is -1.69. The van der Waals surface area contributed by atoms with Gasteiger partial charge in [-0.15, -0.1) is 0 Å². The molecule has 1 atom stereocenters. The maximum atomic E-state index is 14.0. The monoisotopic (exact) mass is 239 g/mol. The van der Waals surface area contributed by atoms with E-state index in [2.05, 4.69) is 15.6 Å². The van der Waals surface area contributed by atoms with E-state index in [0.717, 1.165) is 0 Å². The fourth-order valence-corrected chi connectivity index (χ4v) is 1.67. The number of nitrogens with one attached hydrogen (secondary N) is 2. The van der Waals surface area contributed by atoms with E-state index in [9.17, 15) is 9.18 Å². The zero-order chi connectivity index (χ0) is 12.3. The smallest absolute Gasteiger partial charge is 0.263 e. The summed E-state index contributed by atoms with van der Waals surface area (Å²) in [5, 5.41) is 5.33. The molecule has 1 aromatic heterocycles. The van der Waals surface area contributed by atoms with E-state index in [1.807, 2.05) is 0 Å². The normalized spacial score (nSPS) is 23.4. The van der Waals surface area contributed by atoms with Crippen molar-refractivity contribution in [3.63, 3.8) is 0 Å². The molecule has 2 rings (SSSR count). The van der Waals surface area contributed by atoms with Gasteiger partial charge in [-0.1, -0.05) is 0 Å². The molecule has 1 aliphatic heterocycles. The first-order valence-corrected chi connectivity index (χ1v) is 5.35. The van der Waals surface area contributed by atoms with Crippen molar-refractivity contribution in [1.82, 2.24) is 10.3 Å². The van der Waals surface area contributed by atoms with Crippen LogP contribution in [0.2, 0.25) is 0 Å². The molecule has 0 bridgehead atoms. The molecule has 1 saturated heterocycles. The number of hydrogen-bond donors (Lipinski definition) is 2. The molecule has 2 N–H and O–H groups in total. The zero-order valence-corrected chi connectivity index (χ0v) is 9.50. The molecule has 17 heavy (non-hydrogen) atoms. The van der Waals surface area contributed by atoms with Crippen molar-refractivity contribution in [2.45, 2.75) is 12.1 Å². The van der Waals surface area contributed by atoms with Crippen LogP contribution < -0.4 is 15.4 Å². The highest BCUT2D eigenvalue weighted by atomic mass is 19.1. The largest absolute Gasteiger partial charge is 0.481 e. The van der Waals surface area contributed by atoms with Gasteiger partial charge in [0, 0.05) is 19.0 Å². The van der Waals surface area contributed by atoms with Gasteiger partial charge in [0.2, 0.25) is 11.5 Å². The SMILES string of the molecule is COc1ccc(NC(=O)[C@@]2(F)CCNC2)cn1. The summed E-state index contributed by atoms with van der Waals surface area (Å²) in [5.41, 5.74) is -1.36. The lowest BCUT2D eigenvalue weighted by Gasteiger charge is -2.17. The molecule has 0 unspecified atom stereocenters. The minimum Gasteiger partial charge on any atom is -0.481 e. The quantitative estimate of drug-likeness (QED) is 0.816. The molecular formula is C11H14FN3O2. The molecule has 92 valence electrons. The summed E-state index contributed by atoms with van der Waals surface area (Å²) in [7, 11) is 1.50. The van der Waals surface area contributed by atoms with Crippen LogP contribution in [0.25, 0.3) is 0 Å². The Balaban J connectivity index is 2.02. The number of hydrogen-bond acceptors (Lipinski definition) is 4. The van der Waals surface area contributed by atoms with Crippen LogP contribution in [-0.2, 0) is 4.79 Å². The molecule has 5 nitrogen and oxygen atoms in total. The maximum absolute atomic E-state index is 14.0. The Kier molecular flexibility index (Phi) is 3.23. The number of carbonyl (C=O) groups is 1. The molecule has 0 aromatic carbocycles. The molecule has 1 amide bonds. The van der Waals surface area contributed by atoms with E-state index in [-0.39, 0.29) is 13.0 Å². The van der Waals surface area contributed by atoms with E-state index in [0.29, 0.717) is 18.1 Å². The molecular weight excluding hydrogens is 225 g/mol. The Morgan fingerprint density at radius 1 is 1.65 bits per heavy atom. The van der Waals surface area contributed by atoms with Crippen molar-refractivity contribution < 1.29 is 13.9 Å². The number of methoxy groups -OCH3 is 1. The summed E-state index contributed by atoms with van der Waals surface area (Å²) in [4.78, 5) is 15.6. The first kappa shape index (κ1) is 11.8. The topological polar surface area (TPSA) is 63.2 Å². The van der Waals surface area contributed by atoms with Gasteiger partial charge < -0.3 is 15.4 Å². The van der Waals surface area contributed by atoms with Crippen LogP contribution in [0.4, 0.5) is 10.1 Å². The lowest BCUT2D eigenvalue weighted by molar-refractivity contribution is -0.126. The Morgan fingerprint density at radius 2 is 2.47 bits per heavy atom. The second-order valence-corrected chi connectivity index (χ2v) is 3.94. The zero-order valence-electron chi connectivity index (χ0n) is 9.50. The molecule has 6 heteroatoms. The van der Waals surface area contributed by atoms with E-state index >= 15 is 0 Å². The Bertz CT molecular complexity index is 402. The Morgan fingerprint density at radius 3 is 3.00 bits per heavy atom. The van der Waals surface area contributed by atoms with Crippen molar-refractivity contribution in [3.05, 3.63) is 18.3 Å². The van der Waals surface area contributed by atoms with Gasteiger partial charge >= 0.3 is 0 Å². The third kappa shape index (κ3) is 2.52. The average Bonchev–Trinajstić information content (AvgIpc) is 2.78. The number of anilines is 1. The average molecular weight is 239 g/mol. The number of halogens is 1. The summed E-state index contributed by atoms with van der Waals surface area (Å²) >= 11 is 0. The minimum absolute atomic E-state index is 0.0580. The van der Waals surface area contributed by atoms with Crippen molar-refractivity contribution >= 4 is 11.6 Å². The highest BCUT2D eigenvalue weighted by Gasteiger charge is 2.41. The Labute approximate surface area is 98.4 Å². The third-order valence-electron chi connectivity index (χ3n) is 2.71. The van der Waals surface area contributed by atoms with Gasteiger partial charge in [0.25, 0.3) is 5.91 Å². The second-order valence-electron chi connectivity index (χ2n) is 3.94. The van der Waals surface area contributed by atoms with E-state index in [1.165, 1.54) is 13.3 Å². The molecule has 1 fully saturated rings. The minimum atomic E-state index is -1.82. The predicted molar refractivity (Wildman–Crippen MR) is 60.7 cm³/mol. The third-order valence-corrected chi connectivity index (χ3v) is 2.71. The summed E-state index contributed by atoms with van der Waals surface area (Å²) in [6, 6.07) is 3.23. The number of carbonyl (C=O) groups excluding carboxylic acids is 1. The summed E-state index contributed by atoms with van der Waals surface area (Å²) in [6.45, 7) is 0.577. The maximum Gasteiger partial charge on any atom is 0.263 e. The van der Waals surface area contributed by atoms with Gasteiger partial charge in [0.05, 0.1) is 19.0 Å². The highest BCUT2D eigenvalue weighted by Crippen LogP contribution is 2.22. The fourth-order valence-electron chi connectivity index (χ4n) is 1.67. The van der Waals surface area contributed by atoms with Gasteiger partial charge in [-0.05, 0) is 12.6 Å². The van der Waals surface area contributed by atoms with Crippen LogP contribution in [0.1, 0.15) is 6.42 Å². The molecule has 0 aliphatic carbocycles. The van der Waals surface area contributed by atoms with Crippen molar-refractivity contribution in [2.24, 2.45) is 0 Å². The number of rotatable bonds is 3. The number of nitrogens with zero attached hydrogens (tertiary/aromatic N) is 1. The predicted octanol–water partition coefficient (Wildman–Crippen LogP) is 0.730. The number of ether oxygens (including phenoxy) is 1. The first-order chi connectivity index (χ1) is 8.14. The molecule has 0 saturated carbocycles. The summed E-state index contributed by atoms with van der Waals surface area (Å²) in [6.07, 6.45) is 1.63. The number of aromatic nitrogens is 1. The van der Waals surface area contributed by atoms with Crippen LogP contribution in [0.5, 0.6) is 5.88 Å². The van der Waals surface area contributed by atoms with Gasteiger partial charge in [-0.2, -0.15) is 0 Å². The molecule has 0 radical (unpaired) electrons. The van der Waals surface area contributed by atoms with Crippen molar-refractivity contribution in [2.75, 3.05) is 25.5 Å². The van der Waals surface area contributed by atoms with Crippen LogP contribution in [0, 0.1) is 0 Å². The standard InChI is InChI=1S/C11H14FN3O2/c1-17-9-3-2-8(6-14-9)15-10(16)11(12)4-5-13-7-11/h2-3,6,13H,4-5,7H2,1H3,(H,15,16)/t11-/m1/s1. The molecule has 0 spiro atoms. The fraction of sp³-hybridized carbons (Fsp3) is 0.455. The van der Waals surface area contributed by atoms with Crippen LogP contribution >= 0.6 is 0 Å². The number of amides is 1.